The van der Waals surface area contributed by atoms with E-state index in [1.807, 2.05) is 31.2 Å². The summed E-state index contributed by atoms with van der Waals surface area (Å²) in [5.41, 5.74) is 3.38. The van der Waals surface area contributed by atoms with Gasteiger partial charge < -0.3 is 10.1 Å². The summed E-state index contributed by atoms with van der Waals surface area (Å²) in [6.07, 6.45) is 3.39. The van der Waals surface area contributed by atoms with Crippen molar-refractivity contribution in [2.24, 2.45) is 4.99 Å². The summed E-state index contributed by atoms with van der Waals surface area (Å²) in [7, 11) is 1.32. The van der Waals surface area contributed by atoms with Crippen molar-refractivity contribution < 1.29 is 14.3 Å². The largest absolute Gasteiger partial charge is 0.465 e. The van der Waals surface area contributed by atoms with Gasteiger partial charge in [0, 0.05) is 23.6 Å². The Bertz CT molecular complexity index is 1060. The molecule has 0 bridgehead atoms. The molecule has 30 heavy (non-hydrogen) atoms. The predicted octanol–water partition coefficient (Wildman–Crippen LogP) is 3.57. The second-order valence-corrected chi connectivity index (χ2v) is 6.55. The van der Waals surface area contributed by atoms with Crippen LogP contribution < -0.4 is 10.6 Å². The van der Waals surface area contributed by atoms with E-state index in [0.717, 1.165) is 11.1 Å². The van der Waals surface area contributed by atoms with Crippen molar-refractivity contribution in [3.05, 3.63) is 95.3 Å². The van der Waals surface area contributed by atoms with Gasteiger partial charge in [-0.1, -0.05) is 29.8 Å². The van der Waals surface area contributed by atoms with Crippen LogP contribution in [0.15, 0.2) is 78.0 Å². The van der Waals surface area contributed by atoms with Crippen LogP contribution in [0, 0.1) is 6.92 Å². The van der Waals surface area contributed by atoms with Gasteiger partial charge in [0.2, 0.25) is 5.96 Å². The highest BCUT2D eigenvalue weighted by Crippen LogP contribution is 2.12. The molecular weight excluding hydrogens is 380 g/mol. The molecule has 0 saturated heterocycles. The lowest BCUT2D eigenvalue weighted by molar-refractivity contribution is 0.0600. The summed E-state index contributed by atoms with van der Waals surface area (Å²) in [5.74, 6) is -0.482. The number of anilines is 1. The fraction of sp³-hybridized carbons (Fsp3) is 0.130. The lowest BCUT2D eigenvalue weighted by atomic mass is 10.1. The maximum atomic E-state index is 12.7. The van der Waals surface area contributed by atoms with Gasteiger partial charge in [-0.3, -0.25) is 15.1 Å². The summed E-state index contributed by atoms with van der Waals surface area (Å²) < 4.78 is 4.76. The number of hydrogen-bond acceptors (Lipinski definition) is 5. The number of rotatable bonds is 5. The van der Waals surface area contributed by atoms with E-state index in [2.05, 4.69) is 20.6 Å². The molecule has 0 saturated carbocycles. The Labute approximate surface area is 174 Å². The standard InChI is InChI=1S/C23H22N4O3/c1-16-6-3-8-18(12-16)21(28)27-23(25-15-17-7-5-11-24-14-17)26-20-10-4-9-19(13-20)22(29)30-2/h3-14H,15H2,1-2H3,(H2,25,26,27,28). The number of carbonyl (C=O) groups is 2. The molecule has 0 atom stereocenters. The van der Waals surface area contributed by atoms with Crippen LogP contribution in [0.25, 0.3) is 0 Å². The molecule has 152 valence electrons. The van der Waals surface area contributed by atoms with Crippen LogP contribution in [-0.4, -0.2) is 29.9 Å². The molecule has 2 aromatic carbocycles. The number of esters is 1. The van der Waals surface area contributed by atoms with E-state index >= 15 is 0 Å². The Morgan fingerprint density at radius 3 is 2.57 bits per heavy atom. The van der Waals surface area contributed by atoms with Crippen molar-refractivity contribution >= 4 is 23.5 Å². The number of carbonyl (C=O) groups excluding carboxylic acids is 2. The smallest absolute Gasteiger partial charge is 0.337 e. The molecule has 0 unspecified atom stereocenters. The van der Waals surface area contributed by atoms with Crippen molar-refractivity contribution in [2.45, 2.75) is 13.5 Å². The number of methoxy groups -OCH3 is 1. The summed E-state index contributed by atoms with van der Waals surface area (Å²) in [6.45, 7) is 2.24. The first-order valence-corrected chi connectivity index (χ1v) is 9.32. The van der Waals surface area contributed by atoms with E-state index in [1.54, 1.807) is 48.8 Å². The van der Waals surface area contributed by atoms with E-state index in [1.165, 1.54) is 7.11 Å². The average Bonchev–Trinajstić information content (AvgIpc) is 2.77. The zero-order valence-electron chi connectivity index (χ0n) is 16.8. The Balaban J connectivity index is 1.83. The molecule has 0 aliphatic rings. The van der Waals surface area contributed by atoms with Gasteiger partial charge in [-0.05, 0) is 48.9 Å². The van der Waals surface area contributed by atoms with E-state index in [0.29, 0.717) is 23.4 Å². The van der Waals surface area contributed by atoms with Crippen molar-refractivity contribution in [1.29, 1.82) is 0 Å². The molecule has 2 N–H and O–H groups in total. The Morgan fingerprint density at radius 2 is 1.83 bits per heavy atom. The minimum absolute atomic E-state index is 0.257. The van der Waals surface area contributed by atoms with Gasteiger partial charge in [0.15, 0.2) is 0 Å². The van der Waals surface area contributed by atoms with Crippen LogP contribution in [0.3, 0.4) is 0 Å². The Hall–Kier alpha value is -4.00. The third kappa shape index (κ3) is 5.75. The third-order valence-electron chi connectivity index (χ3n) is 4.20. The second-order valence-electron chi connectivity index (χ2n) is 6.55. The molecule has 0 radical (unpaired) electrons. The van der Waals surface area contributed by atoms with Crippen molar-refractivity contribution in [1.82, 2.24) is 10.3 Å². The highest BCUT2D eigenvalue weighted by Gasteiger charge is 2.11. The number of nitrogens with zero attached hydrogens (tertiary/aromatic N) is 2. The van der Waals surface area contributed by atoms with Crippen LogP contribution in [0.5, 0.6) is 0 Å². The molecule has 1 heterocycles. The number of amides is 1. The lowest BCUT2D eigenvalue weighted by Crippen LogP contribution is -2.36. The highest BCUT2D eigenvalue weighted by atomic mass is 16.5. The monoisotopic (exact) mass is 402 g/mol. The van der Waals surface area contributed by atoms with Crippen LogP contribution in [0.2, 0.25) is 0 Å². The van der Waals surface area contributed by atoms with Gasteiger partial charge >= 0.3 is 5.97 Å². The number of aliphatic imine (C=N–C) groups is 1. The van der Waals surface area contributed by atoms with E-state index in [-0.39, 0.29) is 11.9 Å². The fourth-order valence-corrected chi connectivity index (χ4v) is 2.72. The molecule has 0 aliphatic heterocycles. The molecule has 0 spiro atoms. The minimum atomic E-state index is -0.448. The quantitative estimate of drug-likeness (QED) is 0.387. The minimum Gasteiger partial charge on any atom is -0.465 e. The molecule has 7 heteroatoms. The molecule has 7 nitrogen and oxygen atoms in total. The first kappa shape index (κ1) is 20.7. The zero-order valence-corrected chi connectivity index (χ0v) is 16.8. The van der Waals surface area contributed by atoms with Crippen molar-refractivity contribution in [2.75, 3.05) is 12.4 Å². The number of aromatic nitrogens is 1. The number of nitrogens with one attached hydrogen (secondary N) is 2. The molecular formula is C23H22N4O3. The van der Waals surface area contributed by atoms with Gasteiger partial charge in [-0.15, -0.1) is 0 Å². The Kier molecular flexibility index (Phi) is 6.89. The van der Waals surface area contributed by atoms with E-state index in [9.17, 15) is 9.59 Å². The number of aryl methyl sites for hydroxylation is 1. The second kappa shape index (κ2) is 9.97. The molecule has 3 aromatic rings. The van der Waals surface area contributed by atoms with Crippen LogP contribution in [0.1, 0.15) is 31.8 Å². The SMILES string of the molecule is COC(=O)c1cccc(NC(=NCc2cccnc2)NC(=O)c2cccc(C)c2)c1. The van der Waals surface area contributed by atoms with Gasteiger partial charge in [-0.25, -0.2) is 9.79 Å². The van der Waals surface area contributed by atoms with Gasteiger partial charge in [-0.2, -0.15) is 0 Å². The highest BCUT2D eigenvalue weighted by molar-refractivity contribution is 6.10. The number of pyridine rings is 1. The lowest BCUT2D eigenvalue weighted by Gasteiger charge is -2.13. The number of ether oxygens (including phenoxy) is 1. The van der Waals surface area contributed by atoms with Gasteiger partial charge in [0.05, 0.1) is 19.2 Å². The van der Waals surface area contributed by atoms with Crippen LogP contribution >= 0.6 is 0 Å². The summed E-state index contributed by atoms with van der Waals surface area (Å²) in [5, 5.41) is 5.88. The normalized spacial score (nSPS) is 10.9. The van der Waals surface area contributed by atoms with Crippen molar-refractivity contribution in [3.63, 3.8) is 0 Å². The average molecular weight is 402 g/mol. The van der Waals surface area contributed by atoms with Gasteiger partial charge in [0.25, 0.3) is 5.91 Å². The summed E-state index contributed by atoms with van der Waals surface area (Å²) >= 11 is 0. The summed E-state index contributed by atoms with van der Waals surface area (Å²) in [4.78, 5) is 33.1. The molecule has 1 aromatic heterocycles. The molecule has 0 aliphatic carbocycles. The molecule has 1 amide bonds. The van der Waals surface area contributed by atoms with E-state index in [4.69, 9.17) is 4.74 Å². The van der Waals surface area contributed by atoms with Gasteiger partial charge in [0.1, 0.15) is 0 Å². The van der Waals surface area contributed by atoms with Crippen molar-refractivity contribution in [3.8, 4) is 0 Å². The number of hydrogen-bond donors (Lipinski definition) is 2. The molecule has 0 fully saturated rings. The maximum absolute atomic E-state index is 12.7. The van der Waals surface area contributed by atoms with E-state index < -0.39 is 5.97 Å². The fourth-order valence-electron chi connectivity index (χ4n) is 2.72. The topological polar surface area (TPSA) is 92.7 Å². The molecule has 3 rings (SSSR count). The maximum Gasteiger partial charge on any atom is 0.337 e. The number of benzene rings is 2. The third-order valence-corrected chi connectivity index (χ3v) is 4.20. The zero-order chi connectivity index (χ0) is 21.3. The first-order valence-electron chi connectivity index (χ1n) is 9.32. The van der Waals surface area contributed by atoms with Crippen LogP contribution in [0.4, 0.5) is 5.69 Å². The predicted molar refractivity (Wildman–Crippen MR) is 115 cm³/mol. The Morgan fingerprint density at radius 1 is 1.03 bits per heavy atom. The number of guanidine groups is 1. The van der Waals surface area contributed by atoms with Crippen LogP contribution in [-0.2, 0) is 11.3 Å². The first-order chi connectivity index (χ1) is 14.5. The summed E-state index contributed by atoms with van der Waals surface area (Å²) in [6, 6.07) is 17.8.